The van der Waals surface area contributed by atoms with E-state index in [4.69, 9.17) is 4.89 Å². The van der Waals surface area contributed by atoms with Gasteiger partial charge in [-0.3, -0.25) is 0 Å². The van der Waals surface area contributed by atoms with Gasteiger partial charge in [-0.2, -0.15) is 0 Å². The van der Waals surface area contributed by atoms with Crippen LogP contribution in [0.2, 0.25) is 0 Å². The molecule has 0 aliphatic carbocycles. The molecule has 0 saturated heterocycles. The zero-order chi connectivity index (χ0) is 5.91. The van der Waals surface area contributed by atoms with Crippen molar-refractivity contribution in [3.8, 4) is 0 Å². The molecular formula is C3H9O3P. The van der Waals surface area contributed by atoms with Crippen molar-refractivity contribution in [3.05, 3.63) is 0 Å². The summed E-state index contributed by atoms with van der Waals surface area (Å²) >= 11 is 0. The normalized spacial score (nSPS) is 11.9. The van der Waals surface area contributed by atoms with Crippen LogP contribution < -0.4 is 0 Å². The van der Waals surface area contributed by atoms with Crippen LogP contribution in [0.3, 0.4) is 0 Å². The zero-order valence-electron chi connectivity index (χ0n) is 4.42. The van der Waals surface area contributed by atoms with Gasteiger partial charge in [-0.05, 0) is 6.30 Å². The van der Waals surface area contributed by atoms with Crippen LogP contribution in [0.5, 0.6) is 0 Å². The minimum Gasteiger partial charge on any atom is -0.333 e. The summed E-state index contributed by atoms with van der Waals surface area (Å²) < 4.78 is 8.84. The molecule has 0 aliphatic heterocycles. The molecule has 44 valence electrons. The largest absolute Gasteiger partial charge is 0.333 e. The summed E-state index contributed by atoms with van der Waals surface area (Å²) in [6.07, 6.45) is 3.23. The molecule has 0 heterocycles. The molecule has 7 heavy (non-hydrogen) atoms. The lowest BCUT2D eigenvalue weighted by molar-refractivity contribution is 0.265. The first-order chi connectivity index (χ1) is 3.12. The lowest BCUT2D eigenvalue weighted by Gasteiger charge is -2.09. The summed E-state index contributed by atoms with van der Waals surface area (Å²) in [6.45, 7) is 0. The predicted molar refractivity (Wildman–Crippen MR) is 30.3 cm³/mol. The molecule has 0 aromatic rings. The van der Waals surface area contributed by atoms with Crippen LogP contribution >= 0.6 is 7.57 Å². The van der Waals surface area contributed by atoms with Gasteiger partial charge in [0.1, 0.15) is 0 Å². The van der Waals surface area contributed by atoms with Crippen molar-refractivity contribution in [3.63, 3.8) is 0 Å². The molecule has 0 aromatic heterocycles. The van der Waals surface area contributed by atoms with E-state index in [0.29, 0.717) is 0 Å². The van der Waals surface area contributed by atoms with Crippen LogP contribution in [0, 0.1) is 0 Å². The standard InChI is InChI=1S/C3H9O3P/c1-5-7(3,4)6-2/h4H,3H2,1-2H3. The van der Waals surface area contributed by atoms with E-state index in [9.17, 15) is 0 Å². The molecule has 0 unspecified atom stereocenters. The van der Waals surface area contributed by atoms with Crippen molar-refractivity contribution in [2.24, 2.45) is 0 Å². The molecule has 0 aromatic carbocycles. The first-order valence-corrected chi connectivity index (χ1v) is 3.46. The maximum absolute atomic E-state index is 8.69. The fourth-order valence-electron chi connectivity index (χ4n) is 0.0745. The molecule has 0 fully saturated rings. The fourth-order valence-corrected chi connectivity index (χ4v) is 0.224. The van der Waals surface area contributed by atoms with Crippen LogP contribution in [0.25, 0.3) is 0 Å². The fraction of sp³-hybridized carbons (Fsp3) is 0.667. The van der Waals surface area contributed by atoms with E-state index < -0.39 is 7.57 Å². The molecule has 0 spiro atoms. The van der Waals surface area contributed by atoms with E-state index in [1.54, 1.807) is 0 Å². The average molecular weight is 124 g/mol. The molecule has 0 saturated carbocycles. The highest BCUT2D eigenvalue weighted by atomic mass is 31.2. The van der Waals surface area contributed by atoms with Gasteiger partial charge >= 0.3 is 0 Å². The van der Waals surface area contributed by atoms with Gasteiger partial charge in [0.15, 0.2) is 0 Å². The summed E-state index contributed by atoms with van der Waals surface area (Å²) in [6, 6.07) is 0. The lowest BCUT2D eigenvalue weighted by Crippen LogP contribution is -1.84. The molecule has 3 nitrogen and oxygen atoms in total. The average Bonchev–Trinajstić information content (AvgIpc) is 1.68. The molecular weight excluding hydrogens is 115 g/mol. The van der Waals surface area contributed by atoms with Gasteiger partial charge in [0, 0.05) is 14.2 Å². The summed E-state index contributed by atoms with van der Waals surface area (Å²) in [5, 5.41) is 0. The Bertz CT molecular complexity index is 82.2. The molecule has 0 rings (SSSR count). The minimum atomic E-state index is -2.65. The van der Waals surface area contributed by atoms with Crippen molar-refractivity contribution in [1.29, 1.82) is 0 Å². The van der Waals surface area contributed by atoms with E-state index >= 15 is 0 Å². The van der Waals surface area contributed by atoms with Crippen molar-refractivity contribution in [2.75, 3.05) is 14.2 Å². The molecule has 4 heteroatoms. The lowest BCUT2D eigenvalue weighted by atomic mass is 11.8. The predicted octanol–water partition coefficient (Wildman–Crippen LogP) is 0.466. The Kier molecular flexibility index (Phi) is 2.54. The van der Waals surface area contributed by atoms with E-state index in [1.807, 2.05) is 0 Å². The van der Waals surface area contributed by atoms with Crippen LogP contribution in [0.1, 0.15) is 0 Å². The second-order valence-electron chi connectivity index (χ2n) is 1.00. The number of hydrogen-bond acceptors (Lipinski definition) is 3. The Morgan fingerprint density at radius 1 is 1.43 bits per heavy atom. The summed E-state index contributed by atoms with van der Waals surface area (Å²) in [4.78, 5) is 8.69. The Morgan fingerprint density at radius 3 is 1.71 bits per heavy atom. The van der Waals surface area contributed by atoms with Crippen LogP contribution in [-0.2, 0) is 9.05 Å². The first kappa shape index (κ1) is 7.18. The quantitative estimate of drug-likeness (QED) is 0.543. The Morgan fingerprint density at radius 2 is 1.71 bits per heavy atom. The minimum absolute atomic E-state index is 1.35. The van der Waals surface area contributed by atoms with Crippen LogP contribution in [0.15, 0.2) is 0 Å². The molecule has 0 aliphatic rings. The number of rotatable bonds is 2. The first-order valence-electron chi connectivity index (χ1n) is 1.70. The third-order valence-corrected chi connectivity index (χ3v) is 1.71. The van der Waals surface area contributed by atoms with E-state index in [0.717, 1.165) is 0 Å². The van der Waals surface area contributed by atoms with Gasteiger partial charge in [-0.25, -0.2) is 0 Å². The van der Waals surface area contributed by atoms with E-state index in [-0.39, 0.29) is 0 Å². The second-order valence-corrected chi connectivity index (χ2v) is 3.01. The molecule has 0 amide bonds. The third kappa shape index (κ3) is 2.83. The molecule has 0 atom stereocenters. The van der Waals surface area contributed by atoms with Gasteiger partial charge in [0.25, 0.3) is 0 Å². The van der Waals surface area contributed by atoms with Crippen LogP contribution in [-0.4, -0.2) is 25.4 Å². The summed E-state index contributed by atoms with van der Waals surface area (Å²) in [7, 11) is 0.0486. The topological polar surface area (TPSA) is 38.7 Å². The zero-order valence-corrected chi connectivity index (χ0v) is 5.31. The highest BCUT2D eigenvalue weighted by Crippen LogP contribution is 2.39. The Labute approximate surface area is 43.1 Å². The molecule has 1 N–H and O–H groups in total. The van der Waals surface area contributed by atoms with Crippen molar-refractivity contribution >= 4 is 13.9 Å². The third-order valence-electron chi connectivity index (χ3n) is 0.571. The van der Waals surface area contributed by atoms with Gasteiger partial charge in [-0.15, -0.1) is 0 Å². The summed E-state index contributed by atoms with van der Waals surface area (Å²) in [5.74, 6) is 0. The van der Waals surface area contributed by atoms with Crippen molar-refractivity contribution in [1.82, 2.24) is 0 Å². The second kappa shape index (κ2) is 2.48. The van der Waals surface area contributed by atoms with Crippen LogP contribution in [0.4, 0.5) is 0 Å². The summed E-state index contributed by atoms with van der Waals surface area (Å²) in [5.41, 5.74) is 0. The van der Waals surface area contributed by atoms with Crippen molar-refractivity contribution < 1.29 is 13.9 Å². The Hall–Kier alpha value is 0.180. The van der Waals surface area contributed by atoms with Gasteiger partial charge in [-0.1, -0.05) is 0 Å². The highest BCUT2D eigenvalue weighted by molar-refractivity contribution is 7.58. The van der Waals surface area contributed by atoms with Crippen molar-refractivity contribution in [2.45, 2.75) is 0 Å². The highest BCUT2D eigenvalue weighted by Gasteiger charge is 2.02. The SMILES string of the molecule is C=P(O)(OC)OC. The van der Waals surface area contributed by atoms with E-state index in [1.165, 1.54) is 14.2 Å². The Balaban J connectivity index is 3.61. The maximum atomic E-state index is 8.69. The molecule has 0 radical (unpaired) electrons. The van der Waals surface area contributed by atoms with Gasteiger partial charge in [0.05, 0.1) is 0 Å². The van der Waals surface area contributed by atoms with E-state index in [2.05, 4.69) is 15.3 Å². The van der Waals surface area contributed by atoms with Gasteiger partial charge in [0.2, 0.25) is 7.57 Å². The molecule has 0 bridgehead atoms. The van der Waals surface area contributed by atoms with Gasteiger partial charge < -0.3 is 13.9 Å². The number of hydrogen-bond donors (Lipinski definition) is 1. The monoisotopic (exact) mass is 124 g/mol. The maximum Gasteiger partial charge on any atom is 0.247 e. The smallest absolute Gasteiger partial charge is 0.247 e.